The van der Waals surface area contributed by atoms with Crippen LogP contribution in [-0.4, -0.2) is 28.1 Å². The van der Waals surface area contributed by atoms with Crippen LogP contribution in [0.25, 0.3) is 11.0 Å². The molecule has 144 valence electrons. The zero-order chi connectivity index (χ0) is 20.0. The summed E-state index contributed by atoms with van der Waals surface area (Å²) in [6.07, 6.45) is 7.17. The van der Waals surface area contributed by atoms with Gasteiger partial charge in [-0.1, -0.05) is 38.1 Å². The molecular formula is C22H23N3O3. The highest BCUT2D eigenvalue weighted by molar-refractivity contribution is 5.89. The number of esters is 1. The second kappa shape index (κ2) is 8.52. The number of carbonyl (C=O) groups excluding carboxylic acids is 2. The number of benzene rings is 1. The highest BCUT2D eigenvalue weighted by Crippen LogP contribution is 2.20. The smallest absolute Gasteiger partial charge is 0.335 e. The van der Waals surface area contributed by atoms with E-state index >= 15 is 0 Å². The summed E-state index contributed by atoms with van der Waals surface area (Å²) < 4.78 is 6.71. The van der Waals surface area contributed by atoms with Gasteiger partial charge in [0.1, 0.15) is 11.4 Å². The SMILES string of the molecule is CC(C)(C/C=C/C(=O)Oc1ccccc1)CNC(=O)n1ccc2cccnc21. The van der Waals surface area contributed by atoms with Gasteiger partial charge in [0.2, 0.25) is 0 Å². The Kier molecular flexibility index (Phi) is 5.89. The number of allylic oxidation sites excluding steroid dienone is 1. The average Bonchev–Trinajstić information content (AvgIpc) is 3.11. The largest absolute Gasteiger partial charge is 0.423 e. The lowest BCUT2D eigenvalue weighted by Gasteiger charge is -2.23. The van der Waals surface area contributed by atoms with Gasteiger partial charge >= 0.3 is 12.0 Å². The second-order valence-corrected chi connectivity index (χ2v) is 7.27. The van der Waals surface area contributed by atoms with E-state index in [1.54, 1.807) is 30.6 Å². The molecule has 0 saturated heterocycles. The lowest BCUT2D eigenvalue weighted by atomic mass is 9.89. The molecule has 1 N–H and O–H groups in total. The molecule has 1 aromatic carbocycles. The predicted octanol–water partition coefficient (Wildman–Crippen LogP) is 4.17. The fourth-order valence-electron chi connectivity index (χ4n) is 2.72. The van der Waals surface area contributed by atoms with Crippen molar-refractivity contribution in [3.8, 4) is 5.75 Å². The van der Waals surface area contributed by atoms with Crippen LogP contribution in [-0.2, 0) is 4.79 Å². The maximum atomic E-state index is 12.5. The van der Waals surface area contributed by atoms with E-state index in [9.17, 15) is 9.59 Å². The molecule has 2 heterocycles. The normalized spacial score (nSPS) is 11.6. The fourth-order valence-corrected chi connectivity index (χ4v) is 2.72. The number of hydrogen-bond donors (Lipinski definition) is 1. The molecular weight excluding hydrogens is 354 g/mol. The highest BCUT2D eigenvalue weighted by atomic mass is 16.5. The minimum absolute atomic E-state index is 0.227. The number of pyridine rings is 1. The molecule has 0 fully saturated rings. The van der Waals surface area contributed by atoms with Crippen molar-refractivity contribution in [1.29, 1.82) is 0 Å². The fraction of sp³-hybridized carbons (Fsp3) is 0.227. The number of rotatable bonds is 6. The molecule has 6 nitrogen and oxygen atoms in total. The topological polar surface area (TPSA) is 73.2 Å². The first-order valence-electron chi connectivity index (χ1n) is 9.08. The maximum Gasteiger partial charge on any atom is 0.335 e. The van der Waals surface area contributed by atoms with Crippen molar-refractivity contribution in [3.63, 3.8) is 0 Å². The molecule has 0 aliphatic carbocycles. The van der Waals surface area contributed by atoms with Crippen molar-refractivity contribution in [3.05, 3.63) is 73.1 Å². The molecule has 0 bridgehead atoms. The zero-order valence-corrected chi connectivity index (χ0v) is 16.0. The summed E-state index contributed by atoms with van der Waals surface area (Å²) in [7, 11) is 0. The summed E-state index contributed by atoms with van der Waals surface area (Å²) in [6, 6.07) is 14.3. The third-order valence-corrected chi connectivity index (χ3v) is 4.27. The van der Waals surface area contributed by atoms with Gasteiger partial charge in [0, 0.05) is 30.4 Å². The quantitative estimate of drug-likeness (QED) is 0.397. The molecule has 0 spiro atoms. The van der Waals surface area contributed by atoms with E-state index in [-0.39, 0.29) is 11.4 Å². The minimum Gasteiger partial charge on any atom is -0.423 e. The number of nitrogens with zero attached hydrogens (tertiary/aromatic N) is 2. The van der Waals surface area contributed by atoms with Crippen LogP contribution in [0.15, 0.2) is 73.1 Å². The Morgan fingerprint density at radius 2 is 1.93 bits per heavy atom. The first-order chi connectivity index (χ1) is 13.4. The summed E-state index contributed by atoms with van der Waals surface area (Å²) >= 11 is 0. The third-order valence-electron chi connectivity index (χ3n) is 4.27. The van der Waals surface area contributed by atoms with Gasteiger partial charge in [-0.2, -0.15) is 0 Å². The van der Waals surface area contributed by atoms with Gasteiger partial charge in [-0.3, -0.25) is 4.57 Å². The molecule has 28 heavy (non-hydrogen) atoms. The van der Waals surface area contributed by atoms with E-state index in [0.29, 0.717) is 24.4 Å². The Morgan fingerprint density at radius 3 is 2.71 bits per heavy atom. The minimum atomic E-state index is -0.420. The van der Waals surface area contributed by atoms with E-state index in [0.717, 1.165) is 5.39 Å². The zero-order valence-electron chi connectivity index (χ0n) is 16.0. The predicted molar refractivity (Wildman–Crippen MR) is 108 cm³/mol. The van der Waals surface area contributed by atoms with Gasteiger partial charge in [-0.05, 0) is 42.2 Å². The van der Waals surface area contributed by atoms with Gasteiger partial charge < -0.3 is 10.1 Å². The molecule has 0 saturated carbocycles. The monoisotopic (exact) mass is 377 g/mol. The van der Waals surface area contributed by atoms with Crippen molar-refractivity contribution in [2.75, 3.05) is 6.54 Å². The summed E-state index contributed by atoms with van der Waals surface area (Å²) in [5.74, 6) is 0.0900. The van der Waals surface area contributed by atoms with Crippen LogP contribution in [0.2, 0.25) is 0 Å². The molecule has 0 radical (unpaired) electrons. The van der Waals surface area contributed by atoms with Crippen molar-refractivity contribution >= 4 is 23.0 Å². The van der Waals surface area contributed by atoms with Crippen LogP contribution >= 0.6 is 0 Å². The van der Waals surface area contributed by atoms with Crippen molar-refractivity contribution in [1.82, 2.24) is 14.9 Å². The van der Waals surface area contributed by atoms with Crippen LogP contribution in [0, 0.1) is 5.41 Å². The Morgan fingerprint density at radius 1 is 1.14 bits per heavy atom. The number of para-hydroxylation sites is 1. The molecule has 0 aliphatic heterocycles. The van der Waals surface area contributed by atoms with Gasteiger partial charge in [0.05, 0.1) is 0 Å². The summed E-state index contributed by atoms with van der Waals surface area (Å²) in [5.41, 5.74) is 0.400. The molecule has 0 atom stereocenters. The molecule has 1 amide bonds. The molecule has 6 heteroatoms. The maximum absolute atomic E-state index is 12.5. The van der Waals surface area contributed by atoms with Crippen LogP contribution in [0.5, 0.6) is 5.75 Å². The van der Waals surface area contributed by atoms with E-state index in [1.807, 2.05) is 50.2 Å². The van der Waals surface area contributed by atoms with Crippen molar-refractivity contribution in [2.24, 2.45) is 5.41 Å². The molecule has 3 rings (SSSR count). The summed E-state index contributed by atoms with van der Waals surface area (Å²) in [4.78, 5) is 28.6. The first kappa shape index (κ1) is 19.4. The van der Waals surface area contributed by atoms with E-state index in [2.05, 4.69) is 10.3 Å². The number of ether oxygens (including phenoxy) is 1. The Hall–Kier alpha value is -3.41. The Balaban J connectivity index is 1.50. The first-order valence-corrected chi connectivity index (χ1v) is 9.08. The van der Waals surface area contributed by atoms with E-state index in [4.69, 9.17) is 4.74 Å². The molecule has 0 aliphatic rings. The average molecular weight is 377 g/mol. The Labute approximate surface area is 163 Å². The lowest BCUT2D eigenvalue weighted by Crippen LogP contribution is -2.36. The van der Waals surface area contributed by atoms with Gasteiger partial charge in [-0.25, -0.2) is 14.6 Å². The number of aromatic nitrogens is 2. The van der Waals surface area contributed by atoms with Gasteiger partial charge in [-0.15, -0.1) is 0 Å². The van der Waals surface area contributed by atoms with Crippen molar-refractivity contribution < 1.29 is 14.3 Å². The van der Waals surface area contributed by atoms with Crippen LogP contribution in [0.3, 0.4) is 0 Å². The molecule has 3 aromatic rings. The molecule has 0 unspecified atom stereocenters. The number of hydrogen-bond acceptors (Lipinski definition) is 4. The second-order valence-electron chi connectivity index (χ2n) is 7.27. The van der Waals surface area contributed by atoms with Gasteiger partial charge in [0.25, 0.3) is 0 Å². The van der Waals surface area contributed by atoms with Crippen LogP contribution in [0.1, 0.15) is 20.3 Å². The van der Waals surface area contributed by atoms with Crippen LogP contribution in [0.4, 0.5) is 4.79 Å². The van der Waals surface area contributed by atoms with E-state index in [1.165, 1.54) is 10.6 Å². The number of carbonyl (C=O) groups is 2. The van der Waals surface area contributed by atoms with Crippen molar-refractivity contribution in [2.45, 2.75) is 20.3 Å². The van der Waals surface area contributed by atoms with Gasteiger partial charge in [0.15, 0.2) is 0 Å². The molecule has 2 aromatic heterocycles. The van der Waals surface area contributed by atoms with E-state index < -0.39 is 5.97 Å². The summed E-state index contributed by atoms with van der Waals surface area (Å²) in [6.45, 7) is 4.49. The lowest BCUT2D eigenvalue weighted by molar-refractivity contribution is -0.129. The number of nitrogens with one attached hydrogen (secondary N) is 1. The summed E-state index contributed by atoms with van der Waals surface area (Å²) in [5, 5.41) is 3.84. The highest BCUT2D eigenvalue weighted by Gasteiger charge is 2.19. The third kappa shape index (κ3) is 5.07. The standard InChI is InChI=1S/C22H23N3O3/c1-22(2,13-6-11-19(26)28-18-9-4-3-5-10-18)16-24-21(27)25-15-12-17-8-7-14-23-20(17)25/h3-12,14-15H,13,16H2,1-2H3,(H,24,27)/b11-6+. The number of amides is 1. The number of fused-ring (bicyclic) bond motifs is 1. The van der Waals surface area contributed by atoms with Crippen LogP contribution < -0.4 is 10.1 Å². The Bertz CT molecular complexity index is 990.